The molecule has 1 aromatic rings. The summed E-state index contributed by atoms with van der Waals surface area (Å²) in [5.41, 5.74) is 0.294. The largest absolute Gasteiger partial charge is 0.393 e. The van der Waals surface area contributed by atoms with Gasteiger partial charge in [0.1, 0.15) is 5.82 Å². The third-order valence-electron chi connectivity index (χ3n) is 2.23. The van der Waals surface area contributed by atoms with Crippen molar-refractivity contribution in [2.75, 3.05) is 18.9 Å². The molecule has 3 N–H and O–H groups in total. The van der Waals surface area contributed by atoms with Crippen molar-refractivity contribution in [2.24, 2.45) is 0 Å². The van der Waals surface area contributed by atoms with Crippen LogP contribution in [0, 0.1) is 0 Å². The molecular weight excluding hydrogens is 220 g/mol. The van der Waals surface area contributed by atoms with Gasteiger partial charge < -0.3 is 15.7 Å². The average Bonchev–Trinajstić information content (AvgIpc) is 2.34. The van der Waals surface area contributed by atoms with E-state index in [4.69, 9.17) is 5.11 Å². The Labute approximate surface area is 100 Å². The molecule has 1 atom stereocenters. The lowest BCUT2D eigenvalue weighted by Crippen LogP contribution is -2.19. The number of carbonyl (C=O) groups is 1. The first-order valence-electron chi connectivity index (χ1n) is 5.61. The second-order valence-electron chi connectivity index (χ2n) is 3.80. The van der Waals surface area contributed by atoms with Gasteiger partial charge in [-0.3, -0.25) is 4.79 Å². The molecule has 17 heavy (non-hydrogen) atoms. The predicted octanol–water partition coefficient (Wildman–Crippen LogP) is 0.409. The molecule has 0 bridgehead atoms. The fourth-order valence-corrected chi connectivity index (χ4v) is 1.29. The predicted molar refractivity (Wildman–Crippen MR) is 64.8 cm³/mol. The Morgan fingerprint density at radius 3 is 2.76 bits per heavy atom. The fraction of sp³-hybridized carbons (Fsp3) is 0.545. The van der Waals surface area contributed by atoms with Crippen LogP contribution in [0.15, 0.2) is 12.1 Å². The van der Waals surface area contributed by atoms with Crippen LogP contribution in [0.3, 0.4) is 0 Å². The van der Waals surface area contributed by atoms with Crippen molar-refractivity contribution < 1.29 is 9.90 Å². The van der Waals surface area contributed by atoms with Gasteiger partial charge in [0, 0.05) is 13.6 Å². The maximum atomic E-state index is 11.2. The number of carbonyl (C=O) groups excluding carboxylic acids is 1. The van der Waals surface area contributed by atoms with Crippen LogP contribution < -0.4 is 10.6 Å². The molecule has 0 spiro atoms. The van der Waals surface area contributed by atoms with Gasteiger partial charge in [0.2, 0.25) is 0 Å². The molecule has 0 fully saturated rings. The van der Waals surface area contributed by atoms with E-state index in [-0.39, 0.29) is 12.0 Å². The number of anilines is 1. The fourth-order valence-electron chi connectivity index (χ4n) is 1.29. The maximum absolute atomic E-state index is 11.2. The Morgan fingerprint density at radius 2 is 2.24 bits per heavy atom. The zero-order valence-electron chi connectivity index (χ0n) is 10.1. The summed E-state index contributed by atoms with van der Waals surface area (Å²) >= 11 is 0. The molecule has 0 aliphatic rings. The van der Waals surface area contributed by atoms with Crippen LogP contribution >= 0.6 is 0 Å². The molecule has 1 aromatic heterocycles. The molecule has 6 nitrogen and oxygen atoms in total. The SMILES string of the molecule is CNC(=O)c1ccc(NCCCC(C)O)nn1. The summed E-state index contributed by atoms with van der Waals surface area (Å²) in [7, 11) is 1.55. The number of rotatable bonds is 6. The lowest BCUT2D eigenvalue weighted by atomic mass is 10.2. The summed E-state index contributed by atoms with van der Waals surface area (Å²) in [6, 6.07) is 3.32. The molecule has 1 amide bonds. The normalized spacial score (nSPS) is 11.9. The van der Waals surface area contributed by atoms with E-state index in [0.29, 0.717) is 11.5 Å². The van der Waals surface area contributed by atoms with Crippen molar-refractivity contribution in [1.82, 2.24) is 15.5 Å². The summed E-state index contributed by atoms with van der Waals surface area (Å²) < 4.78 is 0. The van der Waals surface area contributed by atoms with E-state index in [1.807, 2.05) is 0 Å². The second kappa shape index (κ2) is 6.80. The van der Waals surface area contributed by atoms with Gasteiger partial charge in [-0.25, -0.2) is 0 Å². The van der Waals surface area contributed by atoms with E-state index in [9.17, 15) is 4.79 Å². The van der Waals surface area contributed by atoms with Gasteiger partial charge in [0.05, 0.1) is 6.10 Å². The van der Waals surface area contributed by atoms with Crippen molar-refractivity contribution in [2.45, 2.75) is 25.9 Å². The minimum atomic E-state index is -0.279. The molecular formula is C11H18N4O2. The highest BCUT2D eigenvalue weighted by atomic mass is 16.3. The number of nitrogens with zero attached hydrogens (tertiary/aromatic N) is 2. The Morgan fingerprint density at radius 1 is 1.47 bits per heavy atom. The van der Waals surface area contributed by atoms with Crippen LogP contribution in [-0.2, 0) is 0 Å². The Hall–Kier alpha value is -1.69. The molecule has 1 rings (SSSR count). The highest BCUT2D eigenvalue weighted by molar-refractivity contribution is 5.91. The van der Waals surface area contributed by atoms with Crippen molar-refractivity contribution >= 4 is 11.7 Å². The third kappa shape index (κ3) is 4.78. The van der Waals surface area contributed by atoms with Gasteiger partial charge in [-0.2, -0.15) is 0 Å². The van der Waals surface area contributed by atoms with Crippen LogP contribution in [0.1, 0.15) is 30.3 Å². The Kier molecular flexibility index (Phi) is 5.35. The lowest BCUT2D eigenvalue weighted by molar-refractivity contribution is 0.0957. The topological polar surface area (TPSA) is 87.1 Å². The number of hydrogen-bond acceptors (Lipinski definition) is 5. The van der Waals surface area contributed by atoms with Gasteiger partial charge in [0.25, 0.3) is 5.91 Å². The van der Waals surface area contributed by atoms with E-state index in [1.54, 1.807) is 26.1 Å². The molecule has 0 radical (unpaired) electrons. The summed E-state index contributed by atoms with van der Waals surface area (Å²) in [4.78, 5) is 11.2. The average molecular weight is 238 g/mol. The number of hydrogen-bond donors (Lipinski definition) is 3. The first kappa shape index (κ1) is 13.4. The van der Waals surface area contributed by atoms with E-state index >= 15 is 0 Å². The zero-order chi connectivity index (χ0) is 12.7. The lowest BCUT2D eigenvalue weighted by Gasteiger charge is -2.06. The van der Waals surface area contributed by atoms with Crippen molar-refractivity contribution in [1.29, 1.82) is 0 Å². The van der Waals surface area contributed by atoms with Gasteiger partial charge in [0.15, 0.2) is 5.69 Å². The molecule has 94 valence electrons. The van der Waals surface area contributed by atoms with Crippen LogP contribution in [0.5, 0.6) is 0 Å². The standard InChI is InChI=1S/C11H18N4O2/c1-8(16)4-3-7-13-10-6-5-9(14-15-10)11(17)12-2/h5-6,8,16H,3-4,7H2,1-2H3,(H,12,17)(H,13,15). The number of aliphatic hydroxyl groups is 1. The molecule has 0 saturated heterocycles. The molecule has 1 unspecified atom stereocenters. The van der Waals surface area contributed by atoms with E-state index in [0.717, 1.165) is 19.4 Å². The van der Waals surface area contributed by atoms with Crippen molar-refractivity contribution in [3.63, 3.8) is 0 Å². The first-order valence-corrected chi connectivity index (χ1v) is 5.61. The summed E-state index contributed by atoms with van der Waals surface area (Å²) in [5, 5.41) is 22.3. The first-order chi connectivity index (χ1) is 8.13. The zero-order valence-corrected chi connectivity index (χ0v) is 10.1. The quantitative estimate of drug-likeness (QED) is 0.625. The van der Waals surface area contributed by atoms with Crippen LogP contribution in [-0.4, -0.2) is 40.9 Å². The van der Waals surface area contributed by atoms with Crippen molar-refractivity contribution in [3.8, 4) is 0 Å². The molecule has 0 saturated carbocycles. The summed E-state index contributed by atoms with van der Waals surface area (Å²) in [6.07, 6.45) is 1.33. The Bertz CT molecular complexity index is 351. The highest BCUT2D eigenvalue weighted by Crippen LogP contribution is 2.03. The van der Waals surface area contributed by atoms with Crippen LogP contribution in [0.25, 0.3) is 0 Å². The van der Waals surface area contributed by atoms with E-state index in [2.05, 4.69) is 20.8 Å². The van der Waals surface area contributed by atoms with Gasteiger partial charge >= 0.3 is 0 Å². The second-order valence-corrected chi connectivity index (χ2v) is 3.80. The van der Waals surface area contributed by atoms with E-state index < -0.39 is 0 Å². The highest BCUT2D eigenvalue weighted by Gasteiger charge is 2.05. The van der Waals surface area contributed by atoms with Gasteiger partial charge in [-0.15, -0.1) is 10.2 Å². The minimum Gasteiger partial charge on any atom is -0.393 e. The van der Waals surface area contributed by atoms with Crippen LogP contribution in [0.2, 0.25) is 0 Å². The molecule has 0 aromatic carbocycles. The molecule has 1 heterocycles. The van der Waals surface area contributed by atoms with Gasteiger partial charge in [-0.1, -0.05) is 0 Å². The van der Waals surface area contributed by atoms with E-state index in [1.165, 1.54) is 0 Å². The smallest absolute Gasteiger partial charge is 0.271 e. The molecule has 0 aliphatic carbocycles. The molecule has 0 aliphatic heterocycles. The third-order valence-corrected chi connectivity index (χ3v) is 2.23. The number of aromatic nitrogens is 2. The summed E-state index contributed by atoms with van der Waals surface area (Å²) in [6.45, 7) is 2.48. The number of nitrogens with one attached hydrogen (secondary N) is 2. The number of amides is 1. The minimum absolute atomic E-state index is 0.252. The van der Waals surface area contributed by atoms with Crippen LogP contribution in [0.4, 0.5) is 5.82 Å². The van der Waals surface area contributed by atoms with Gasteiger partial charge in [-0.05, 0) is 31.9 Å². The monoisotopic (exact) mass is 238 g/mol. The Balaban J connectivity index is 2.38. The molecule has 6 heteroatoms. The number of aliphatic hydroxyl groups excluding tert-OH is 1. The van der Waals surface area contributed by atoms with Crippen molar-refractivity contribution in [3.05, 3.63) is 17.8 Å². The summed E-state index contributed by atoms with van der Waals surface area (Å²) in [5.74, 6) is 0.376. The maximum Gasteiger partial charge on any atom is 0.271 e.